The minimum atomic E-state index is -0.277. The van der Waals surface area contributed by atoms with Gasteiger partial charge in [-0.25, -0.2) is 4.79 Å². The minimum absolute atomic E-state index is 0.197. The lowest BCUT2D eigenvalue weighted by Gasteiger charge is -2.15. The first-order chi connectivity index (χ1) is 12.2. The number of allylic oxidation sites excluding steroid dienone is 1. The van der Waals surface area contributed by atoms with Crippen LogP contribution >= 0.6 is 0 Å². The Morgan fingerprint density at radius 1 is 1.32 bits per heavy atom. The van der Waals surface area contributed by atoms with E-state index in [4.69, 9.17) is 9.47 Å². The second-order valence-corrected chi connectivity index (χ2v) is 6.84. The summed E-state index contributed by atoms with van der Waals surface area (Å²) in [6.07, 6.45) is 8.24. The van der Waals surface area contributed by atoms with Gasteiger partial charge in [-0.05, 0) is 44.7 Å². The normalized spacial score (nSPS) is 20.4. The van der Waals surface area contributed by atoms with Gasteiger partial charge in [-0.15, -0.1) is 0 Å². The number of amides is 1. The maximum absolute atomic E-state index is 11.4. The summed E-state index contributed by atoms with van der Waals surface area (Å²) in [5.41, 5.74) is 2.73. The first-order valence-electron chi connectivity index (χ1n) is 9.23. The summed E-state index contributed by atoms with van der Waals surface area (Å²) in [5, 5.41) is 3.52. The van der Waals surface area contributed by atoms with Gasteiger partial charge in [0.1, 0.15) is 12.4 Å². The molecule has 0 radical (unpaired) electrons. The summed E-state index contributed by atoms with van der Waals surface area (Å²) < 4.78 is 11.2. The molecule has 5 nitrogen and oxygen atoms in total. The molecule has 1 aromatic rings. The Kier molecular flexibility index (Phi) is 6.34. The number of para-hydroxylation sites is 1. The fourth-order valence-corrected chi connectivity index (χ4v) is 3.31. The summed E-state index contributed by atoms with van der Waals surface area (Å²) in [5.74, 6) is 0.859. The van der Waals surface area contributed by atoms with E-state index in [1.54, 1.807) is 17.5 Å². The predicted molar refractivity (Wildman–Crippen MR) is 97.7 cm³/mol. The molecule has 25 heavy (non-hydrogen) atoms. The Morgan fingerprint density at radius 2 is 2.20 bits per heavy atom. The number of hydrogen-bond acceptors (Lipinski definition) is 4. The number of ether oxygens (including phenoxy) is 2. The van der Waals surface area contributed by atoms with Crippen molar-refractivity contribution in [1.29, 1.82) is 0 Å². The summed E-state index contributed by atoms with van der Waals surface area (Å²) >= 11 is 0. The van der Waals surface area contributed by atoms with Gasteiger partial charge in [0, 0.05) is 19.2 Å². The highest BCUT2D eigenvalue weighted by Crippen LogP contribution is 2.21. The average Bonchev–Trinajstić information content (AvgIpc) is 2.96. The minimum Gasteiger partial charge on any atom is -0.489 e. The van der Waals surface area contributed by atoms with Crippen molar-refractivity contribution in [2.75, 3.05) is 26.7 Å². The van der Waals surface area contributed by atoms with E-state index in [2.05, 4.69) is 17.5 Å². The first-order valence-corrected chi connectivity index (χ1v) is 9.23. The van der Waals surface area contributed by atoms with Gasteiger partial charge in [0.15, 0.2) is 6.10 Å². The predicted octanol–water partition coefficient (Wildman–Crippen LogP) is 3.50. The van der Waals surface area contributed by atoms with Gasteiger partial charge in [-0.1, -0.05) is 29.8 Å². The Morgan fingerprint density at radius 3 is 2.96 bits per heavy atom. The highest BCUT2D eigenvalue weighted by Gasteiger charge is 2.28. The highest BCUT2D eigenvalue weighted by atomic mass is 16.6. The van der Waals surface area contributed by atoms with E-state index in [-0.39, 0.29) is 12.2 Å². The van der Waals surface area contributed by atoms with Crippen molar-refractivity contribution in [2.45, 2.75) is 44.8 Å². The van der Waals surface area contributed by atoms with E-state index >= 15 is 0 Å². The van der Waals surface area contributed by atoms with Crippen molar-refractivity contribution < 1.29 is 14.3 Å². The molecular weight excluding hydrogens is 316 g/mol. The van der Waals surface area contributed by atoms with Crippen LogP contribution in [0.4, 0.5) is 4.79 Å². The SMILES string of the molecule is CN1CC(COc2ccccc2CNCCC2=CCCCC2)OC1=O. The van der Waals surface area contributed by atoms with E-state index < -0.39 is 0 Å². The van der Waals surface area contributed by atoms with Crippen LogP contribution in [0.15, 0.2) is 35.9 Å². The molecule has 0 aromatic heterocycles. The quantitative estimate of drug-likeness (QED) is 0.579. The Bertz CT molecular complexity index is 615. The van der Waals surface area contributed by atoms with Gasteiger partial charge in [0.25, 0.3) is 0 Å². The van der Waals surface area contributed by atoms with Crippen molar-refractivity contribution in [1.82, 2.24) is 10.2 Å². The summed E-state index contributed by atoms with van der Waals surface area (Å²) in [7, 11) is 1.74. The molecule has 1 fully saturated rings. The van der Waals surface area contributed by atoms with E-state index in [1.165, 1.54) is 25.7 Å². The molecule has 0 spiro atoms. The van der Waals surface area contributed by atoms with Crippen molar-refractivity contribution in [3.8, 4) is 5.75 Å². The largest absolute Gasteiger partial charge is 0.489 e. The van der Waals surface area contributed by atoms with Crippen molar-refractivity contribution >= 4 is 6.09 Å². The molecule has 1 atom stereocenters. The number of hydrogen-bond donors (Lipinski definition) is 1. The maximum atomic E-state index is 11.4. The van der Waals surface area contributed by atoms with Gasteiger partial charge < -0.3 is 19.7 Å². The third-order valence-electron chi connectivity index (χ3n) is 4.78. The highest BCUT2D eigenvalue weighted by molar-refractivity contribution is 5.69. The van der Waals surface area contributed by atoms with Crippen molar-refractivity contribution in [3.05, 3.63) is 41.5 Å². The van der Waals surface area contributed by atoms with E-state index in [1.807, 2.05) is 18.2 Å². The second-order valence-electron chi connectivity index (χ2n) is 6.84. The van der Waals surface area contributed by atoms with Crippen LogP contribution in [-0.4, -0.2) is 43.8 Å². The van der Waals surface area contributed by atoms with Gasteiger partial charge in [0.05, 0.1) is 6.54 Å². The van der Waals surface area contributed by atoms with Gasteiger partial charge in [-0.3, -0.25) is 0 Å². The molecular formula is C20H28N2O3. The van der Waals surface area contributed by atoms with Gasteiger partial charge in [-0.2, -0.15) is 0 Å². The molecule has 2 aliphatic rings. The molecule has 1 amide bonds. The van der Waals surface area contributed by atoms with E-state index in [0.29, 0.717) is 13.2 Å². The second kappa shape index (κ2) is 8.90. The molecule has 1 unspecified atom stereocenters. The lowest BCUT2D eigenvalue weighted by atomic mass is 9.97. The van der Waals surface area contributed by atoms with Crippen molar-refractivity contribution in [3.63, 3.8) is 0 Å². The van der Waals surface area contributed by atoms with Crippen LogP contribution in [0.5, 0.6) is 5.75 Å². The molecule has 1 aromatic carbocycles. The molecule has 1 heterocycles. The summed E-state index contributed by atoms with van der Waals surface area (Å²) in [6.45, 7) is 2.74. The number of carbonyl (C=O) groups excluding carboxylic acids is 1. The zero-order valence-corrected chi connectivity index (χ0v) is 15.0. The third-order valence-corrected chi connectivity index (χ3v) is 4.78. The lowest BCUT2D eigenvalue weighted by molar-refractivity contribution is 0.103. The fraction of sp³-hybridized carbons (Fsp3) is 0.550. The molecule has 136 valence electrons. The summed E-state index contributed by atoms with van der Waals surface area (Å²) in [4.78, 5) is 13.0. The van der Waals surface area contributed by atoms with Crippen LogP contribution in [0, 0.1) is 0 Å². The molecule has 1 aliphatic heterocycles. The standard InChI is InChI=1S/C20H28N2O3/c1-22-14-18(25-20(22)23)15-24-19-10-6-5-9-17(19)13-21-12-11-16-7-3-2-4-8-16/h5-7,9-10,18,21H,2-4,8,11-15H2,1H3. The van der Waals surface area contributed by atoms with Crippen LogP contribution in [-0.2, 0) is 11.3 Å². The van der Waals surface area contributed by atoms with Crippen LogP contribution in [0.1, 0.15) is 37.7 Å². The molecule has 1 saturated heterocycles. The molecule has 1 N–H and O–H groups in total. The van der Waals surface area contributed by atoms with Crippen LogP contribution < -0.4 is 10.1 Å². The smallest absolute Gasteiger partial charge is 0.410 e. The summed E-state index contributed by atoms with van der Waals surface area (Å²) in [6, 6.07) is 8.05. The van der Waals surface area contributed by atoms with Crippen LogP contribution in [0.3, 0.4) is 0 Å². The Hall–Kier alpha value is -2.01. The number of carbonyl (C=O) groups is 1. The fourth-order valence-electron chi connectivity index (χ4n) is 3.31. The van der Waals surface area contributed by atoms with E-state index in [0.717, 1.165) is 30.8 Å². The van der Waals surface area contributed by atoms with Gasteiger partial charge in [0.2, 0.25) is 0 Å². The molecule has 1 aliphatic carbocycles. The Labute approximate surface area is 150 Å². The number of nitrogens with one attached hydrogen (secondary N) is 1. The first kappa shape index (κ1) is 17.8. The van der Waals surface area contributed by atoms with Gasteiger partial charge >= 0.3 is 6.09 Å². The lowest BCUT2D eigenvalue weighted by Crippen LogP contribution is -2.24. The number of benzene rings is 1. The molecule has 3 rings (SSSR count). The monoisotopic (exact) mass is 344 g/mol. The number of nitrogens with zero attached hydrogens (tertiary/aromatic N) is 1. The number of likely N-dealkylation sites (N-methyl/N-ethyl adjacent to an activating group) is 1. The maximum Gasteiger partial charge on any atom is 0.410 e. The van der Waals surface area contributed by atoms with Crippen LogP contribution in [0.2, 0.25) is 0 Å². The molecule has 5 heteroatoms. The molecule has 0 saturated carbocycles. The topological polar surface area (TPSA) is 50.8 Å². The van der Waals surface area contributed by atoms with E-state index in [9.17, 15) is 4.79 Å². The number of rotatable bonds is 8. The third kappa shape index (κ3) is 5.23. The van der Waals surface area contributed by atoms with Crippen LogP contribution in [0.25, 0.3) is 0 Å². The Balaban J connectivity index is 1.44. The zero-order valence-electron chi connectivity index (χ0n) is 15.0. The molecule has 0 bridgehead atoms. The zero-order chi connectivity index (χ0) is 17.5. The average molecular weight is 344 g/mol. The number of cyclic esters (lactones) is 1. The van der Waals surface area contributed by atoms with Crippen molar-refractivity contribution in [2.24, 2.45) is 0 Å².